The van der Waals surface area contributed by atoms with Crippen LogP contribution in [0.25, 0.3) is 0 Å². The van der Waals surface area contributed by atoms with E-state index in [4.69, 9.17) is 21.6 Å². The highest BCUT2D eigenvalue weighted by atomic mass is 35.5. The van der Waals surface area contributed by atoms with Crippen LogP contribution in [0.5, 0.6) is 0 Å². The zero-order chi connectivity index (χ0) is 15.2. The second-order valence-electron chi connectivity index (χ2n) is 4.63. The monoisotopic (exact) mass is 305 g/mol. The number of nitrogens with zero attached hydrogens (tertiary/aromatic N) is 2. The summed E-state index contributed by atoms with van der Waals surface area (Å²) in [5.41, 5.74) is 1.70. The number of anilines is 1. The van der Waals surface area contributed by atoms with Gasteiger partial charge in [0.25, 0.3) is 5.91 Å². The molecule has 1 amide bonds. The van der Waals surface area contributed by atoms with E-state index < -0.39 is 0 Å². The van der Waals surface area contributed by atoms with E-state index in [9.17, 15) is 4.79 Å². The zero-order valence-electron chi connectivity index (χ0n) is 11.7. The van der Waals surface area contributed by atoms with Crippen LogP contribution >= 0.6 is 11.6 Å². The Hall–Kier alpha value is -2.03. The molecule has 0 aromatic heterocycles. The number of amides is 1. The van der Waals surface area contributed by atoms with Crippen molar-refractivity contribution in [2.24, 2.45) is 0 Å². The predicted octanol–water partition coefficient (Wildman–Crippen LogP) is 2.33. The third-order valence-electron chi connectivity index (χ3n) is 3.29. The quantitative estimate of drug-likeness (QED) is 0.687. The molecule has 21 heavy (non-hydrogen) atoms. The molecule has 1 aromatic rings. The maximum atomic E-state index is 12.2. The Morgan fingerprint density at radius 1 is 1.48 bits per heavy atom. The molecule has 0 aliphatic carbocycles. The van der Waals surface area contributed by atoms with Crippen molar-refractivity contribution in [3.05, 3.63) is 40.6 Å². The van der Waals surface area contributed by atoms with Crippen LogP contribution in [0.4, 0.5) is 5.69 Å². The summed E-state index contributed by atoms with van der Waals surface area (Å²) >= 11 is 6.03. The zero-order valence-corrected chi connectivity index (χ0v) is 12.5. The maximum Gasteiger partial charge on any atom is 0.266 e. The van der Waals surface area contributed by atoms with Gasteiger partial charge in [0.05, 0.1) is 13.2 Å². The molecule has 0 radical (unpaired) electrons. The van der Waals surface area contributed by atoms with Gasteiger partial charge < -0.3 is 15.0 Å². The van der Waals surface area contributed by atoms with Gasteiger partial charge in [-0.15, -0.1) is 0 Å². The molecule has 1 N–H and O–H groups in total. The first-order chi connectivity index (χ1) is 10.1. The molecule has 0 spiro atoms. The van der Waals surface area contributed by atoms with E-state index >= 15 is 0 Å². The number of halogens is 1. The van der Waals surface area contributed by atoms with Crippen LogP contribution in [-0.2, 0) is 9.53 Å². The van der Waals surface area contributed by atoms with Gasteiger partial charge in [0, 0.05) is 30.0 Å². The standard InChI is InChI=1S/C15H16ClN3O2/c1-11-13(16)3-2-4-14(11)18-10-12(9-17)15(20)19-5-7-21-8-6-19/h2-4,10,18H,5-8H2,1H3/b12-10-. The van der Waals surface area contributed by atoms with E-state index in [1.54, 1.807) is 17.0 Å². The van der Waals surface area contributed by atoms with Crippen molar-refractivity contribution in [1.82, 2.24) is 4.90 Å². The molecule has 1 fully saturated rings. The summed E-state index contributed by atoms with van der Waals surface area (Å²) in [6.45, 7) is 3.90. The normalized spacial score (nSPS) is 15.5. The summed E-state index contributed by atoms with van der Waals surface area (Å²) < 4.78 is 5.19. The van der Waals surface area contributed by atoms with Crippen LogP contribution in [0.3, 0.4) is 0 Å². The number of hydrogen-bond acceptors (Lipinski definition) is 4. The van der Waals surface area contributed by atoms with E-state index in [1.807, 2.05) is 19.1 Å². The number of rotatable bonds is 3. The van der Waals surface area contributed by atoms with Gasteiger partial charge in [-0.3, -0.25) is 4.79 Å². The van der Waals surface area contributed by atoms with Crippen LogP contribution in [0.15, 0.2) is 30.0 Å². The molecule has 110 valence electrons. The molecule has 5 nitrogen and oxygen atoms in total. The van der Waals surface area contributed by atoms with E-state index in [-0.39, 0.29) is 11.5 Å². The first-order valence-electron chi connectivity index (χ1n) is 6.62. The van der Waals surface area contributed by atoms with Crippen LogP contribution in [0.1, 0.15) is 5.56 Å². The Balaban J connectivity index is 2.11. The Labute approximate surface area is 128 Å². The van der Waals surface area contributed by atoms with Gasteiger partial charge in [0.1, 0.15) is 11.6 Å². The average molecular weight is 306 g/mol. The van der Waals surface area contributed by atoms with Gasteiger partial charge in [-0.25, -0.2) is 0 Å². The summed E-state index contributed by atoms with van der Waals surface area (Å²) in [6.07, 6.45) is 1.43. The topological polar surface area (TPSA) is 65.4 Å². The van der Waals surface area contributed by atoms with E-state index in [2.05, 4.69) is 5.32 Å². The largest absolute Gasteiger partial charge is 0.378 e. The highest BCUT2D eigenvalue weighted by molar-refractivity contribution is 6.31. The molecule has 1 aliphatic rings. The predicted molar refractivity (Wildman–Crippen MR) is 80.9 cm³/mol. The molecule has 0 unspecified atom stereocenters. The van der Waals surface area contributed by atoms with Gasteiger partial charge in [-0.1, -0.05) is 17.7 Å². The van der Waals surface area contributed by atoms with Crippen LogP contribution < -0.4 is 5.32 Å². The second kappa shape index (κ2) is 7.11. The summed E-state index contributed by atoms with van der Waals surface area (Å²) in [4.78, 5) is 13.8. The highest BCUT2D eigenvalue weighted by Crippen LogP contribution is 2.23. The first-order valence-corrected chi connectivity index (χ1v) is 7.00. The molecule has 0 atom stereocenters. The number of carbonyl (C=O) groups excluding carboxylic acids is 1. The van der Waals surface area contributed by atoms with Gasteiger partial charge in [-0.05, 0) is 24.6 Å². The molecule has 1 saturated heterocycles. The number of benzene rings is 1. The number of carbonyl (C=O) groups is 1. The molecule has 0 saturated carbocycles. The molecule has 2 rings (SSSR count). The molecule has 0 bridgehead atoms. The SMILES string of the molecule is Cc1c(Cl)cccc1N/C=C(/C#N)C(=O)N1CCOCC1. The van der Waals surface area contributed by atoms with Crippen LogP contribution in [0.2, 0.25) is 5.02 Å². The first kappa shape index (κ1) is 15.4. The molecule has 1 aliphatic heterocycles. The van der Waals surface area contributed by atoms with Gasteiger partial charge >= 0.3 is 0 Å². The lowest BCUT2D eigenvalue weighted by atomic mass is 10.2. The minimum atomic E-state index is -0.284. The summed E-state index contributed by atoms with van der Waals surface area (Å²) in [7, 11) is 0. The van der Waals surface area contributed by atoms with Crippen LogP contribution in [-0.4, -0.2) is 37.1 Å². The van der Waals surface area contributed by atoms with E-state index in [1.165, 1.54) is 6.20 Å². The molecule has 1 aromatic carbocycles. The van der Waals surface area contributed by atoms with Crippen molar-refractivity contribution in [1.29, 1.82) is 5.26 Å². The lowest BCUT2D eigenvalue weighted by molar-refractivity contribution is -0.130. The Morgan fingerprint density at radius 3 is 2.86 bits per heavy atom. The van der Waals surface area contributed by atoms with Crippen molar-refractivity contribution in [3.8, 4) is 6.07 Å². The Morgan fingerprint density at radius 2 is 2.19 bits per heavy atom. The molecular formula is C15H16ClN3O2. The second-order valence-corrected chi connectivity index (χ2v) is 5.04. The minimum absolute atomic E-state index is 0.0660. The third kappa shape index (κ3) is 3.75. The highest BCUT2D eigenvalue weighted by Gasteiger charge is 2.20. The number of nitrogens with one attached hydrogen (secondary N) is 1. The van der Waals surface area contributed by atoms with Crippen molar-refractivity contribution in [3.63, 3.8) is 0 Å². The lowest BCUT2D eigenvalue weighted by Crippen LogP contribution is -2.41. The lowest BCUT2D eigenvalue weighted by Gasteiger charge is -2.26. The maximum absolute atomic E-state index is 12.2. The Bertz CT molecular complexity index is 601. The Kier molecular flexibility index (Phi) is 5.20. The fourth-order valence-corrected chi connectivity index (χ4v) is 2.17. The number of hydrogen-bond donors (Lipinski definition) is 1. The fraction of sp³-hybridized carbons (Fsp3) is 0.333. The van der Waals surface area contributed by atoms with Crippen molar-refractivity contribution in [2.75, 3.05) is 31.6 Å². The van der Waals surface area contributed by atoms with E-state index in [0.29, 0.717) is 31.3 Å². The summed E-state index contributed by atoms with van der Waals surface area (Å²) in [5.74, 6) is -0.284. The van der Waals surface area contributed by atoms with Crippen molar-refractivity contribution in [2.45, 2.75) is 6.92 Å². The minimum Gasteiger partial charge on any atom is -0.378 e. The molecular weight excluding hydrogens is 290 g/mol. The van der Waals surface area contributed by atoms with Gasteiger partial charge in [-0.2, -0.15) is 5.26 Å². The number of nitriles is 1. The van der Waals surface area contributed by atoms with Crippen molar-refractivity contribution >= 4 is 23.2 Å². The van der Waals surface area contributed by atoms with Gasteiger partial charge in [0.15, 0.2) is 0 Å². The smallest absolute Gasteiger partial charge is 0.266 e. The number of morpholine rings is 1. The average Bonchev–Trinajstić information content (AvgIpc) is 2.52. The summed E-state index contributed by atoms with van der Waals surface area (Å²) in [5, 5.41) is 12.8. The summed E-state index contributed by atoms with van der Waals surface area (Å²) in [6, 6.07) is 7.37. The molecule has 6 heteroatoms. The van der Waals surface area contributed by atoms with Gasteiger partial charge in [0.2, 0.25) is 0 Å². The number of ether oxygens (including phenoxy) is 1. The fourth-order valence-electron chi connectivity index (χ4n) is 1.99. The van der Waals surface area contributed by atoms with E-state index in [0.717, 1.165) is 11.3 Å². The van der Waals surface area contributed by atoms with Crippen LogP contribution in [0, 0.1) is 18.3 Å². The van der Waals surface area contributed by atoms with Crippen molar-refractivity contribution < 1.29 is 9.53 Å². The molecule has 1 heterocycles. The third-order valence-corrected chi connectivity index (χ3v) is 3.70.